The first-order valence-corrected chi connectivity index (χ1v) is 19.6. The third-order valence-corrected chi connectivity index (χ3v) is 14.3. The van der Waals surface area contributed by atoms with Crippen LogP contribution in [0.3, 0.4) is 0 Å². The second kappa shape index (κ2) is 14.8. The zero-order chi connectivity index (χ0) is 31.1. The van der Waals surface area contributed by atoms with E-state index >= 15 is 0 Å². The van der Waals surface area contributed by atoms with Crippen LogP contribution in [0.1, 0.15) is 63.1 Å². The zero-order valence-corrected chi connectivity index (χ0v) is 28.0. The van der Waals surface area contributed by atoms with Gasteiger partial charge in [-0.15, -0.1) is 5.10 Å². The fraction of sp³-hybridized carbons (Fsp3) is 0.571. The maximum Gasteiger partial charge on any atom is 0.226 e. The molecule has 3 heterocycles. The highest BCUT2D eigenvalue weighted by atomic mass is 28.3. The van der Waals surface area contributed by atoms with Crippen molar-refractivity contribution in [1.29, 1.82) is 0 Å². The number of ether oxygens (including phenoxy) is 2. The Balaban J connectivity index is 1.32. The summed E-state index contributed by atoms with van der Waals surface area (Å²) in [4.78, 5) is 14.9. The molecule has 0 radical (unpaired) electrons. The number of methoxy groups -OCH3 is 1. The first kappa shape index (κ1) is 32.4. The molecule has 2 aliphatic heterocycles. The summed E-state index contributed by atoms with van der Waals surface area (Å²) in [6.45, 7) is 8.97. The van der Waals surface area contributed by atoms with Crippen LogP contribution in [0.5, 0.6) is 5.75 Å². The fourth-order valence-corrected chi connectivity index (χ4v) is 11.6. The number of carbonyl (C=O) groups excluding carboxylic acids is 1. The van der Waals surface area contributed by atoms with Crippen molar-refractivity contribution in [3.8, 4) is 5.75 Å². The van der Waals surface area contributed by atoms with E-state index < -0.39 is 8.07 Å². The summed E-state index contributed by atoms with van der Waals surface area (Å²) in [5.41, 5.74) is 3.55. The Morgan fingerprint density at radius 1 is 1.02 bits per heavy atom. The Morgan fingerprint density at radius 3 is 2.59 bits per heavy atom. The van der Waals surface area contributed by atoms with Gasteiger partial charge in [0.25, 0.3) is 0 Å². The number of aliphatic hydroxyl groups is 1. The van der Waals surface area contributed by atoms with Crippen LogP contribution in [0.15, 0.2) is 54.7 Å². The van der Waals surface area contributed by atoms with Gasteiger partial charge in [-0.3, -0.25) is 9.48 Å². The molecule has 0 bridgehead atoms. The van der Waals surface area contributed by atoms with Gasteiger partial charge < -0.3 is 19.5 Å². The van der Waals surface area contributed by atoms with Crippen molar-refractivity contribution in [3.63, 3.8) is 0 Å². The van der Waals surface area contributed by atoms with Gasteiger partial charge in [0.15, 0.2) is 0 Å². The SMILES string of the molecule is COc1ccc([Si](C)(C)[C@@H]2[C@@H](C)[C@@H](CCc3cccc(N4CCCCCCC4=O)c3)O[C@H]2CCn2cc(CCO)nn2)cc1. The number of aromatic nitrogens is 3. The topological polar surface area (TPSA) is 89.7 Å². The lowest BCUT2D eigenvalue weighted by Crippen LogP contribution is -2.50. The van der Waals surface area contributed by atoms with E-state index in [2.05, 4.69) is 78.9 Å². The number of amides is 1. The molecule has 1 aromatic heterocycles. The van der Waals surface area contributed by atoms with Gasteiger partial charge in [-0.1, -0.05) is 67.5 Å². The molecule has 1 N–H and O–H groups in total. The summed E-state index contributed by atoms with van der Waals surface area (Å²) in [5.74, 6) is 1.54. The van der Waals surface area contributed by atoms with Gasteiger partial charge in [0, 0.05) is 44.4 Å². The van der Waals surface area contributed by atoms with E-state index in [-0.39, 0.29) is 24.7 Å². The van der Waals surface area contributed by atoms with Crippen LogP contribution in [0.2, 0.25) is 18.6 Å². The first-order valence-electron chi connectivity index (χ1n) is 16.5. The summed E-state index contributed by atoms with van der Waals surface area (Å²) in [5, 5.41) is 19.2. The molecule has 9 heteroatoms. The highest BCUT2D eigenvalue weighted by Gasteiger charge is 2.50. The molecule has 44 heavy (non-hydrogen) atoms. The molecule has 4 atom stereocenters. The number of aliphatic hydroxyl groups excluding tert-OH is 1. The quantitative estimate of drug-likeness (QED) is 0.269. The average Bonchev–Trinajstić information content (AvgIpc) is 3.60. The normalized spacial score (nSPS) is 23.0. The number of aryl methyl sites for hydroxylation is 2. The molecule has 0 spiro atoms. The van der Waals surface area contributed by atoms with Crippen LogP contribution in [-0.4, -0.2) is 66.6 Å². The largest absolute Gasteiger partial charge is 0.497 e. The van der Waals surface area contributed by atoms with E-state index in [9.17, 15) is 9.90 Å². The summed E-state index contributed by atoms with van der Waals surface area (Å²) in [7, 11) is -0.243. The maximum absolute atomic E-state index is 12.9. The van der Waals surface area contributed by atoms with E-state index in [0.29, 0.717) is 24.3 Å². The van der Waals surface area contributed by atoms with Crippen molar-refractivity contribution >= 4 is 24.9 Å². The van der Waals surface area contributed by atoms with E-state index in [0.717, 1.165) is 68.7 Å². The lowest BCUT2D eigenvalue weighted by atomic mass is 9.95. The van der Waals surface area contributed by atoms with Crippen molar-refractivity contribution in [3.05, 3.63) is 66.0 Å². The number of rotatable bonds is 12. The summed E-state index contributed by atoms with van der Waals surface area (Å²) in [6.07, 6.45) is 10.5. The molecule has 3 aromatic rings. The Morgan fingerprint density at radius 2 is 1.82 bits per heavy atom. The van der Waals surface area contributed by atoms with Gasteiger partial charge in [-0.2, -0.15) is 0 Å². The fourth-order valence-electron chi connectivity index (χ4n) is 7.47. The minimum absolute atomic E-state index is 0.0740. The molecule has 2 aliphatic rings. The second-order valence-corrected chi connectivity index (χ2v) is 17.9. The van der Waals surface area contributed by atoms with Gasteiger partial charge in [-0.25, -0.2) is 0 Å². The highest BCUT2D eigenvalue weighted by molar-refractivity contribution is 6.91. The molecular weight excluding hydrogens is 568 g/mol. The van der Waals surface area contributed by atoms with Crippen LogP contribution in [0.4, 0.5) is 5.69 Å². The van der Waals surface area contributed by atoms with Gasteiger partial charge in [0.1, 0.15) is 5.75 Å². The predicted molar refractivity (Wildman–Crippen MR) is 177 cm³/mol. The lowest BCUT2D eigenvalue weighted by molar-refractivity contribution is -0.118. The van der Waals surface area contributed by atoms with Crippen LogP contribution >= 0.6 is 0 Å². The van der Waals surface area contributed by atoms with E-state index in [1.807, 2.05) is 15.8 Å². The number of anilines is 1. The Bertz CT molecular complexity index is 1360. The van der Waals surface area contributed by atoms with Crippen LogP contribution in [0.25, 0.3) is 0 Å². The molecule has 2 saturated heterocycles. The molecule has 2 aromatic carbocycles. The molecule has 0 unspecified atom stereocenters. The van der Waals surface area contributed by atoms with Gasteiger partial charge in [-0.05, 0) is 73.4 Å². The second-order valence-electron chi connectivity index (χ2n) is 13.2. The third-order valence-electron chi connectivity index (χ3n) is 9.93. The monoisotopic (exact) mass is 618 g/mol. The molecule has 238 valence electrons. The van der Waals surface area contributed by atoms with Crippen molar-refractivity contribution in [2.45, 2.75) is 102 Å². The Hall–Kier alpha value is -3.01. The van der Waals surface area contributed by atoms with Crippen molar-refractivity contribution in [2.24, 2.45) is 5.92 Å². The number of hydrogen-bond donors (Lipinski definition) is 1. The van der Waals surface area contributed by atoms with Gasteiger partial charge in [0.05, 0.1) is 33.1 Å². The predicted octanol–water partition coefficient (Wildman–Crippen LogP) is 5.53. The van der Waals surface area contributed by atoms with Crippen LogP contribution in [0, 0.1) is 5.92 Å². The number of benzene rings is 2. The minimum Gasteiger partial charge on any atom is -0.497 e. The zero-order valence-electron chi connectivity index (χ0n) is 27.0. The Labute approximate surface area is 263 Å². The number of carbonyl (C=O) groups is 1. The molecule has 1 amide bonds. The standard InChI is InChI=1S/C35H50N4O4Si/c1-26-32(18-13-27-10-9-11-29(24-27)39-21-8-6-5-7-12-34(39)41)43-33(19-22-38-25-28(20-23-40)36-37-38)35(26)44(3,4)31-16-14-30(42-2)15-17-31/h9-11,14-17,24-26,32-33,35,40H,5-8,12-13,18-23H2,1-4H3/t26-,32+,33-,35+/m0/s1. The Kier molecular flexibility index (Phi) is 10.9. The summed E-state index contributed by atoms with van der Waals surface area (Å²) in [6, 6.07) is 17.3. The molecule has 5 rings (SSSR count). The van der Waals surface area contributed by atoms with E-state index in [1.54, 1.807) is 7.11 Å². The minimum atomic E-state index is -1.96. The van der Waals surface area contributed by atoms with E-state index in [4.69, 9.17) is 9.47 Å². The van der Waals surface area contributed by atoms with Gasteiger partial charge >= 0.3 is 0 Å². The molecule has 0 aliphatic carbocycles. The third kappa shape index (κ3) is 7.61. The van der Waals surface area contributed by atoms with Crippen LogP contribution < -0.4 is 14.8 Å². The smallest absolute Gasteiger partial charge is 0.226 e. The molecule has 0 saturated carbocycles. The lowest BCUT2D eigenvalue weighted by Gasteiger charge is -2.36. The summed E-state index contributed by atoms with van der Waals surface area (Å²) >= 11 is 0. The van der Waals surface area contributed by atoms with Crippen molar-refractivity contribution in [1.82, 2.24) is 15.0 Å². The van der Waals surface area contributed by atoms with Crippen LogP contribution in [-0.2, 0) is 28.9 Å². The van der Waals surface area contributed by atoms with Crippen molar-refractivity contribution < 1.29 is 19.4 Å². The van der Waals surface area contributed by atoms with Gasteiger partial charge in [0.2, 0.25) is 5.91 Å². The number of nitrogens with zero attached hydrogens (tertiary/aromatic N) is 4. The highest BCUT2D eigenvalue weighted by Crippen LogP contribution is 2.46. The molecular formula is C35H50N4O4Si. The molecule has 2 fully saturated rings. The summed E-state index contributed by atoms with van der Waals surface area (Å²) < 4.78 is 14.3. The maximum atomic E-state index is 12.9. The number of hydrogen-bond acceptors (Lipinski definition) is 6. The first-order chi connectivity index (χ1) is 21.3. The molecule has 8 nitrogen and oxygen atoms in total. The van der Waals surface area contributed by atoms with E-state index in [1.165, 1.54) is 17.2 Å². The van der Waals surface area contributed by atoms with Crippen molar-refractivity contribution in [2.75, 3.05) is 25.2 Å². The average molecular weight is 619 g/mol.